The molecule has 0 aromatic carbocycles. The lowest BCUT2D eigenvalue weighted by atomic mass is 10.3. The molecule has 0 atom stereocenters. The van der Waals surface area contributed by atoms with Crippen LogP contribution in [0.25, 0.3) is 0 Å². The second-order valence-electron chi connectivity index (χ2n) is 3.88. The van der Waals surface area contributed by atoms with Gasteiger partial charge in [-0.2, -0.15) is 0 Å². The highest BCUT2D eigenvalue weighted by atomic mass is 16.5. The average Bonchev–Trinajstić information content (AvgIpc) is 2.96. The molecule has 19 heavy (non-hydrogen) atoms. The van der Waals surface area contributed by atoms with Gasteiger partial charge in [0.2, 0.25) is 11.8 Å². The summed E-state index contributed by atoms with van der Waals surface area (Å²) in [7, 11) is 3.16. The highest BCUT2D eigenvalue weighted by Gasteiger charge is 2.12. The van der Waals surface area contributed by atoms with E-state index in [1.165, 1.54) is 6.33 Å². The third kappa shape index (κ3) is 3.45. The summed E-state index contributed by atoms with van der Waals surface area (Å²) in [4.78, 5) is 8.13. The second kappa shape index (κ2) is 6.75. The van der Waals surface area contributed by atoms with Crippen LogP contribution in [0.15, 0.2) is 29.1 Å². The smallest absolute Gasteiger partial charge is 0.224 e. The zero-order valence-corrected chi connectivity index (χ0v) is 11.0. The van der Waals surface area contributed by atoms with Crippen molar-refractivity contribution >= 4 is 0 Å². The van der Waals surface area contributed by atoms with E-state index in [4.69, 9.17) is 13.9 Å². The summed E-state index contributed by atoms with van der Waals surface area (Å²) in [5.41, 5.74) is 0.812. The molecule has 0 aliphatic carbocycles. The summed E-state index contributed by atoms with van der Waals surface area (Å²) in [5.74, 6) is 2.01. The van der Waals surface area contributed by atoms with Crippen molar-refractivity contribution in [2.24, 2.45) is 0 Å². The van der Waals surface area contributed by atoms with E-state index in [0.29, 0.717) is 18.3 Å². The van der Waals surface area contributed by atoms with Gasteiger partial charge in [0.25, 0.3) is 0 Å². The van der Waals surface area contributed by atoms with E-state index in [1.54, 1.807) is 20.5 Å². The van der Waals surface area contributed by atoms with Crippen molar-refractivity contribution in [3.05, 3.63) is 36.0 Å². The third-order valence-corrected chi connectivity index (χ3v) is 2.68. The first kappa shape index (κ1) is 13.4. The van der Waals surface area contributed by atoms with Crippen molar-refractivity contribution in [3.8, 4) is 11.8 Å². The zero-order valence-electron chi connectivity index (χ0n) is 11.0. The van der Waals surface area contributed by atoms with Crippen LogP contribution in [0.3, 0.4) is 0 Å². The first-order valence-corrected chi connectivity index (χ1v) is 6.00. The lowest BCUT2D eigenvalue weighted by molar-refractivity contribution is 0.359. The molecule has 2 rings (SSSR count). The number of hydrogen-bond donors (Lipinski definition) is 1. The molecule has 0 aliphatic rings. The molecule has 2 aromatic heterocycles. The highest BCUT2D eigenvalue weighted by Crippen LogP contribution is 2.22. The molecule has 0 unspecified atom stereocenters. The van der Waals surface area contributed by atoms with E-state index in [0.717, 1.165) is 24.3 Å². The lowest BCUT2D eigenvalue weighted by Crippen LogP contribution is -2.18. The van der Waals surface area contributed by atoms with Crippen LogP contribution >= 0.6 is 0 Å². The standard InChI is InChI=1S/C13H17N3O3/c1-17-12-11(13(18-2)16-9-15-12)8-14-6-5-10-4-3-7-19-10/h3-4,7,9,14H,5-6,8H2,1-2H3. The molecule has 2 aromatic rings. The van der Waals surface area contributed by atoms with Gasteiger partial charge in [0.15, 0.2) is 0 Å². The molecule has 1 N–H and O–H groups in total. The van der Waals surface area contributed by atoms with Gasteiger partial charge >= 0.3 is 0 Å². The van der Waals surface area contributed by atoms with Crippen LogP contribution < -0.4 is 14.8 Å². The molecular weight excluding hydrogens is 246 g/mol. The Labute approximate surface area is 111 Å². The van der Waals surface area contributed by atoms with Gasteiger partial charge < -0.3 is 19.2 Å². The topological polar surface area (TPSA) is 69.4 Å². The first-order chi connectivity index (χ1) is 9.35. The Hall–Kier alpha value is -2.08. The fourth-order valence-corrected chi connectivity index (χ4v) is 1.76. The quantitative estimate of drug-likeness (QED) is 0.762. The largest absolute Gasteiger partial charge is 0.481 e. The number of nitrogens with one attached hydrogen (secondary N) is 1. The van der Waals surface area contributed by atoms with Gasteiger partial charge in [-0.05, 0) is 12.1 Å². The molecule has 0 fully saturated rings. The van der Waals surface area contributed by atoms with Crippen LogP contribution in [0, 0.1) is 0 Å². The second-order valence-corrected chi connectivity index (χ2v) is 3.88. The van der Waals surface area contributed by atoms with Crippen molar-refractivity contribution in [2.75, 3.05) is 20.8 Å². The van der Waals surface area contributed by atoms with Crippen LogP contribution in [0.5, 0.6) is 11.8 Å². The van der Waals surface area contributed by atoms with Gasteiger partial charge in [0, 0.05) is 19.5 Å². The van der Waals surface area contributed by atoms with Crippen molar-refractivity contribution in [1.82, 2.24) is 15.3 Å². The Morgan fingerprint density at radius 2 is 1.95 bits per heavy atom. The van der Waals surface area contributed by atoms with Crippen molar-refractivity contribution < 1.29 is 13.9 Å². The molecule has 0 saturated heterocycles. The Bertz CT molecular complexity index is 478. The van der Waals surface area contributed by atoms with Gasteiger partial charge in [0.1, 0.15) is 12.1 Å². The number of ether oxygens (including phenoxy) is 2. The van der Waals surface area contributed by atoms with E-state index in [1.807, 2.05) is 12.1 Å². The maximum Gasteiger partial charge on any atom is 0.224 e. The van der Waals surface area contributed by atoms with Gasteiger partial charge in [-0.1, -0.05) is 0 Å². The predicted octanol–water partition coefficient (Wildman–Crippen LogP) is 1.42. The first-order valence-electron chi connectivity index (χ1n) is 6.00. The molecule has 6 nitrogen and oxygen atoms in total. The molecule has 0 spiro atoms. The molecule has 0 aliphatic heterocycles. The zero-order chi connectivity index (χ0) is 13.5. The third-order valence-electron chi connectivity index (χ3n) is 2.68. The van der Waals surface area contributed by atoms with Crippen LogP contribution in [0.1, 0.15) is 11.3 Å². The minimum absolute atomic E-state index is 0.525. The average molecular weight is 263 g/mol. The summed E-state index contributed by atoms with van der Waals surface area (Å²) in [6.45, 7) is 1.36. The normalized spacial score (nSPS) is 10.4. The molecule has 0 radical (unpaired) electrons. The van der Waals surface area contributed by atoms with Gasteiger partial charge in [-0.15, -0.1) is 0 Å². The minimum Gasteiger partial charge on any atom is -0.481 e. The van der Waals surface area contributed by atoms with Crippen molar-refractivity contribution in [2.45, 2.75) is 13.0 Å². The summed E-state index contributed by atoms with van der Waals surface area (Å²) < 4.78 is 15.7. The van der Waals surface area contributed by atoms with Gasteiger partial charge in [0.05, 0.1) is 26.0 Å². The van der Waals surface area contributed by atoms with Crippen LogP contribution in [0.4, 0.5) is 0 Å². The fourth-order valence-electron chi connectivity index (χ4n) is 1.76. The van der Waals surface area contributed by atoms with E-state index in [2.05, 4.69) is 15.3 Å². The summed E-state index contributed by atoms with van der Waals surface area (Å²) in [6.07, 6.45) is 3.92. The number of furan rings is 1. The van der Waals surface area contributed by atoms with Crippen LogP contribution in [-0.2, 0) is 13.0 Å². The fraction of sp³-hybridized carbons (Fsp3) is 0.385. The molecule has 0 bridgehead atoms. The summed E-state index contributed by atoms with van der Waals surface area (Å²) in [6, 6.07) is 3.83. The Morgan fingerprint density at radius 1 is 1.21 bits per heavy atom. The number of rotatable bonds is 7. The number of aromatic nitrogens is 2. The van der Waals surface area contributed by atoms with E-state index in [9.17, 15) is 0 Å². The van der Waals surface area contributed by atoms with Crippen LogP contribution in [0.2, 0.25) is 0 Å². The van der Waals surface area contributed by atoms with E-state index < -0.39 is 0 Å². The number of nitrogens with zero attached hydrogens (tertiary/aromatic N) is 2. The number of hydrogen-bond acceptors (Lipinski definition) is 6. The Morgan fingerprint density at radius 3 is 2.53 bits per heavy atom. The maximum absolute atomic E-state index is 5.26. The minimum atomic E-state index is 0.525. The van der Waals surface area contributed by atoms with Crippen molar-refractivity contribution in [3.63, 3.8) is 0 Å². The number of methoxy groups -OCH3 is 2. The Balaban J connectivity index is 1.91. The molecule has 2 heterocycles. The molecule has 6 heteroatoms. The maximum atomic E-state index is 5.26. The monoisotopic (exact) mass is 263 g/mol. The molecule has 0 amide bonds. The molecule has 0 saturated carbocycles. The SMILES string of the molecule is COc1ncnc(OC)c1CNCCc1ccco1. The van der Waals surface area contributed by atoms with Crippen LogP contribution in [-0.4, -0.2) is 30.7 Å². The van der Waals surface area contributed by atoms with Gasteiger partial charge in [-0.25, -0.2) is 9.97 Å². The van der Waals surface area contributed by atoms with E-state index in [-0.39, 0.29) is 0 Å². The molecular formula is C13H17N3O3. The highest BCUT2D eigenvalue weighted by molar-refractivity contribution is 5.34. The van der Waals surface area contributed by atoms with Crippen molar-refractivity contribution in [1.29, 1.82) is 0 Å². The summed E-state index contributed by atoms with van der Waals surface area (Å²) >= 11 is 0. The van der Waals surface area contributed by atoms with Gasteiger partial charge in [-0.3, -0.25) is 0 Å². The molecule has 102 valence electrons. The Kier molecular flexibility index (Phi) is 4.74. The predicted molar refractivity (Wildman–Crippen MR) is 69.3 cm³/mol. The lowest BCUT2D eigenvalue weighted by Gasteiger charge is -2.11. The van der Waals surface area contributed by atoms with E-state index >= 15 is 0 Å². The summed E-state index contributed by atoms with van der Waals surface area (Å²) in [5, 5.41) is 3.29.